The summed E-state index contributed by atoms with van der Waals surface area (Å²) in [5.41, 5.74) is 1.47. The van der Waals surface area contributed by atoms with Gasteiger partial charge >= 0.3 is 0 Å². The minimum Gasteiger partial charge on any atom is -0.255 e. The fourth-order valence-electron chi connectivity index (χ4n) is 1.78. The third-order valence-electron chi connectivity index (χ3n) is 2.40. The molecule has 2 aromatic rings. The highest BCUT2D eigenvalue weighted by Crippen LogP contribution is 2.19. The molecule has 0 unspecified atom stereocenters. The smallest absolute Gasteiger partial charge is 0.0152 e. The Labute approximate surface area is 89.7 Å². The molecule has 0 aromatic heterocycles. The third-order valence-corrected chi connectivity index (χ3v) is 2.40. The van der Waals surface area contributed by atoms with E-state index in [9.17, 15) is 0 Å². The van der Waals surface area contributed by atoms with Crippen molar-refractivity contribution in [3.05, 3.63) is 48.0 Å². The number of rotatable bonds is 2. The number of fused-ring (bicyclic) bond motifs is 1. The molecule has 0 amide bonds. The molecule has 2 heteroatoms. The zero-order valence-electron chi connectivity index (χ0n) is 8.85. The van der Waals surface area contributed by atoms with Crippen LogP contribution in [0.15, 0.2) is 42.5 Å². The zero-order valence-corrected chi connectivity index (χ0v) is 8.85. The summed E-state index contributed by atoms with van der Waals surface area (Å²) in [5, 5.41) is 14.8. The van der Waals surface area contributed by atoms with E-state index < -0.39 is 0 Å². The first-order valence-corrected chi connectivity index (χ1v) is 5.08. The molecule has 2 rings (SSSR count). The van der Waals surface area contributed by atoms with Crippen LogP contribution in [0.5, 0.6) is 0 Å². The van der Waals surface area contributed by atoms with Gasteiger partial charge in [-0.3, -0.25) is 10.5 Å². The van der Waals surface area contributed by atoms with Gasteiger partial charge in [-0.15, -0.1) is 0 Å². The van der Waals surface area contributed by atoms with Gasteiger partial charge in [0, 0.05) is 0 Å². The second-order valence-electron chi connectivity index (χ2n) is 3.39. The van der Waals surface area contributed by atoms with Crippen LogP contribution < -0.4 is 0 Å². The average Bonchev–Trinajstić information content (AvgIpc) is 2.33. The maximum atomic E-state index is 6.00. The predicted octanol–water partition coefficient (Wildman–Crippen LogP) is 3.81. The molecule has 0 fully saturated rings. The Kier molecular flexibility index (Phi) is 4.81. The van der Waals surface area contributed by atoms with Crippen molar-refractivity contribution in [2.75, 3.05) is 0 Å². The molecule has 0 aliphatic heterocycles. The number of benzene rings is 2. The third kappa shape index (κ3) is 2.78. The molecule has 0 radical (unpaired) electrons. The topological polar surface area (TPSA) is 40.5 Å². The van der Waals surface area contributed by atoms with Crippen molar-refractivity contribution in [2.24, 2.45) is 0 Å². The molecule has 15 heavy (non-hydrogen) atoms. The van der Waals surface area contributed by atoms with Gasteiger partial charge < -0.3 is 0 Å². The highest BCUT2D eigenvalue weighted by molar-refractivity contribution is 5.85. The molecule has 0 heterocycles. The monoisotopic (exact) mass is 204 g/mol. The van der Waals surface area contributed by atoms with Crippen molar-refractivity contribution in [3.8, 4) is 0 Å². The Morgan fingerprint density at radius 3 is 2.33 bits per heavy atom. The van der Waals surface area contributed by atoms with Crippen molar-refractivity contribution in [3.63, 3.8) is 0 Å². The fourth-order valence-corrected chi connectivity index (χ4v) is 1.78. The largest absolute Gasteiger partial charge is 0.255 e. The molecule has 0 saturated heterocycles. The summed E-state index contributed by atoms with van der Waals surface area (Å²) in [6, 6.07) is 15.1. The van der Waals surface area contributed by atoms with Crippen molar-refractivity contribution >= 4 is 10.8 Å². The summed E-state index contributed by atoms with van der Waals surface area (Å²) in [4.78, 5) is 0. The maximum absolute atomic E-state index is 6.00. The van der Waals surface area contributed by atoms with E-state index in [4.69, 9.17) is 10.5 Å². The second-order valence-corrected chi connectivity index (χ2v) is 3.39. The van der Waals surface area contributed by atoms with Gasteiger partial charge in [0.2, 0.25) is 0 Å². The summed E-state index contributed by atoms with van der Waals surface area (Å²) in [6.07, 6.45) is 2.40. The number of aryl methyl sites for hydroxylation is 1. The van der Waals surface area contributed by atoms with E-state index in [-0.39, 0.29) is 0 Å². The molecule has 2 aromatic carbocycles. The second kappa shape index (κ2) is 6.17. The molecular weight excluding hydrogens is 188 g/mol. The molecule has 0 aliphatic rings. The zero-order chi connectivity index (χ0) is 11.1. The predicted molar refractivity (Wildman–Crippen MR) is 63.2 cm³/mol. The van der Waals surface area contributed by atoms with E-state index >= 15 is 0 Å². The molecular formula is C13H16O2. The molecule has 0 atom stereocenters. The maximum Gasteiger partial charge on any atom is -0.0152 e. The molecule has 0 saturated carbocycles. The van der Waals surface area contributed by atoms with Crippen LogP contribution in [0, 0.1) is 0 Å². The molecule has 2 nitrogen and oxygen atoms in total. The van der Waals surface area contributed by atoms with Gasteiger partial charge in [-0.2, -0.15) is 0 Å². The van der Waals surface area contributed by atoms with E-state index in [0.717, 1.165) is 0 Å². The first-order chi connectivity index (χ1) is 7.42. The summed E-state index contributed by atoms with van der Waals surface area (Å²) in [5.74, 6) is 0. The highest BCUT2D eigenvalue weighted by Gasteiger charge is 1.97. The van der Waals surface area contributed by atoms with Gasteiger partial charge in [-0.25, -0.2) is 0 Å². The van der Waals surface area contributed by atoms with Crippen LogP contribution in [-0.4, -0.2) is 10.5 Å². The SMILES string of the molecule is CCCc1cccc2ccccc12.OO. The lowest BCUT2D eigenvalue weighted by molar-refractivity contribution is -0.176. The Balaban J connectivity index is 0.000000531. The van der Waals surface area contributed by atoms with E-state index in [1.807, 2.05) is 0 Å². The lowest BCUT2D eigenvalue weighted by Gasteiger charge is -2.03. The van der Waals surface area contributed by atoms with E-state index in [1.54, 1.807) is 0 Å². The number of hydrogen-bond donors (Lipinski definition) is 2. The summed E-state index contributed by atoms with van der Waals surface area (Å²) in [6.45, 7) is 2.22. The van der Waals surface area contributed by atoms with E-state index in [1.165, 1.54) is 29.2 Å². The summed E-state index contributed by atoms with van der Waals surface area (Å²) < 4.78 is 0. The lowest BCUT2D eigenvalue weighted by Crippen LogP contribution is -1.84. The minimum atomic E-state index is 1.18. The van der Waals surface area contributed by atoms with Crippen LogP contribution in [0.4, 0.5) is 0 Å². The molecule has 80 valence electrons. The van der Waals surface area contributed by atoms with E-state index in [2.05, 4.69) is 49.4 Å². The Bertz CT molecular complexity index is 405. The molecule has 0 spiro atoms. The van der Waals surface area contributed by atoms with Gasteiger partial charge in [0.1, 0.15) is 0 Å². The van der Waals surface area contributed by atoms with Crippen LogP contribution in [0.2, 0.25) is 0 Å². The Morgan fingerprint density at radius 2 is 1.60 bits per heavy atom. The van der Waals surface area contributed by atoms with Crippen LogP contribution in [-0.2, 0) is 6.42 Å². The lowest BCUT2D eigenvalue weighted by atomic mass is 10.0. The van der Waals surface area contributed by atoms with Crippen molar-refractivity contribution in [2.45, 2.75) is 19.8 Å². The first-order valence-electron chi connectivity index (χ1n) is 5.08. The normalized spacial score (nSPS) is 9.53. The summed E-state index contributed by atoms with van der Waals surface area (Å²) >= 11 is 0. The average molecular weight is 204 g/mol. The van der Waals surface area contributed by atoms with Crippen LogP contribution in [0.1, 0.15) is 18.9 Å². The van der Waals surface area contributed by atoms with Gasteiger partial charge in [-0.05, 0) is 22.8 Å². The first kappa shape index (κ1) is 11.7. The van der Waals surface area contributed by atoms with Gasteiger partial charge in [0.15, 0.2) is 0 Å². The van der Waals surface area contributed by atoms with Gasteiger partial charge in [-0.1, -0.05) is 55.8 Å². The van der Waals surface area contributed by atoms with E-state index in [0.29, 0.717) is 0 Å². The standard InChI is InChI=1S/C13H14.H2O2/c1-2-6-11-8-5-9-12-7-3-4-10-13(11)12;1-2/h3-5,7-10H,2,6H2,1H3;1-2H. The van der Waals surface area contributed by atoms with Crippen LogP contribution in [0.25, 0.3) is 10.8 Å². The quantitative estimate of drug-likeness (QED) is 0.577. The van der Waals surface area contributed by atoms with Gasteiger partial charge in [0.25, 0.3) is 0 Å². The molecule has 2 N–H and O–H groups in total. The van der Waals surface area contributed by atoms with Gasteiger partial charge in [0.05, 0.1) is 0 Å². The molecule has 0 aliphatic carbocycles. The fraction of sp³-hybridized carbons (Fsp3) is 0.231. The highest BCUT2D eigenvalue weighted by atomic mass is 17.0. The molecule has 0 bridgehead atoms. The van der Waals surface area contributed by atoms with Crippen LogP contribution in [0.3, 0.4) is 0 Å². The Hall–Kier alpha value is -1.38. The van der Waals surface area contributed by atoms with Crippen LogP contribution >= 0.6 is 0 Å². The summed E-state index contributed by atoms with van der Waals surface area (Å²) in [7, 11) is 0. The minimum absolute atomic E-state index is 1.18. The number of hydrogen-bond acceptors (Lipinski definition) is 2. The van der Waals surface area contributed by atoms with Crippen molar-refractivity contribution < 1.29 is 10.5 Å². The van der Waals surface area contributed by atoms with Crippen molar-refractivity contribution in [1.29, 1.82) is 0 Å². The Morgan fingerprint density at radius 1 is 0.933 bits per heavy atom. The van der Waals surface area contributed by atoms with Crippen molar-refractivity contribution in [1.82, 2.24) is 0 Å².